The minimum Gasteiger partial charge on any atom is -0.380 e. The van der Waals surface area contributed by atoms with Crippen molar-refractivity contribution in [1.29, 1.82) is 0 Å². The van der Waals surface area contributed by atoms with E-state index in [1.54, 1.807) is 6.07 Å². The van der Waals surface area contributed by atoms with Crippen LogP contribution in [0.4, 0.5) is 13.2 Å². The summed E-state index contributed by atoms with van der Waals surface area (Å²) in [5.74, 6) is -4.21. The molecule has 1 unspecified atom stereocenters. The molecular weight excluding hydrogens is 297 g/mol. The van der Waals surface area contributed by atoms with Crippen LogP contribution in [-0.2, 0) is 5.60 Å². The number of halogens is 3. The van der Waals surface area contributed by atoms with Crippen molar-refractivity contribution < 1.29 is 18.3 Å². The van der Waals surface area contributed by atoms with Gasteiger partial charge in [-0.2, -0.15) is 0 Å². The monoisotopic (exact) mass is 308 g/mol. The van der Waals surface area contributed by atoms with Gasteiger partial charge in [-0.1, -0.05) is 18.2 Å². The first kappa shape index (κ1) is 14.1. The van der Waals surface area contributed by atoms with Gasteiger partial charge in [0.2, 0.25) is 0 Å². The van der Waals surface area contributed by atoms with E-state index >= 15 is 0 Å². The Balaban J connectivity index is 2.17. The smallest absolute Gasteiger partial charge is 0.194 e. The fourth-order valence-corrected chi connectivity index (χ4v) is 3.38. The van der Waals surface area contributed by atoms with E-state index in [-0.39, 0.29) is 5.56 Å². The van der Waals surface area contributed by atoms with Crippen molar-refractivity contribution in [2.45, 2.75) is 12.5 Å². The van der Waals surface area contributed by atoms with E-state index in [1.165, 1.54) is 18.3 Å². The van der Waals surface area contributed by atoms with Crippen LogP contribution in [0.2, 0.25) is 0 Å². The quantitative estimate of drug-likeness (QED) is 0.687. The van der Waals surface area contributed by atoms with Gasteiger partial charge >= 0.3 is 0 Å². The van der Waals surface area contributed by atoms with Gasteiger partial charge < -0.3 is 5.11 Å². The molecule has 3 aromatic rings. The zero-order chi connectivity index (χ0) is 15.2. The van der Waals surface area contributed by atoms with Gasteiger partial charge in [0.15, 0.2) is 17.5 Å². The van der Waals surface area contributed by atoms with Gasteiger partial charge in [0.25, 0.3) is 0 Å². The highest BCUT2D eigenvalue weighted by atomic mass is 32.1. The molecule has 0 saturated carbocycles. The maximum atomic E-state index is 13.9. The molecule has 3 rings (SSSR count). The van der Waals surface area contributed by atoms with Gasteiger partial charge in [0, 0.05) is 15.1 Å². The van der Waals surface area contributed by atoms with Crippen molar-refractivity contribution in [3.05, 3.63) is 70.4 Å². The minimum atomic E-state index is -1.73. The van der Waals surface area contributed by atoms with Crippen LogP contribution in [0.25, 0.3) is 10.1 Å². The van der Waals surface area contributed by atoms with Gasteiger partial charge in [-0.25, -0.2) is 13.2 Å². The molecule has 0 radical (unpaired) electrons. The highest BCUT2D eigenvalue weighted by Crippen LogP contribution is 2.38. The molecule has 0 fully saturated rings. The lowest BCUT2D eigenvalue weighted by atomic mass is 9.93. The Hall–Kier alpha value is -1.85. The molecule has 5 heteroatoms. The minimum absolute atomic E-state index is 0.284. The largest absolute Gasteiger partial charge is 0.380 e. The molecule has 0 aliphatic rings. The number of hydrogen-bond donors (Lipinski definition) is 1. The highest BCUT2D eigenvalue weighted by Gasteiger charge is 2.32. The summed E-state index contributed by atoms with van der Waals surface area (Å²) in [7, 11) is 0. The van der Waals surface area contributed by atoms with Crippen molar-refractivity contribution in [3.63, 3.8) is 0 Å². The van der Waals surface area contributed by atoms with Gasteiger partial charge in [-0.05, 0) is 36.6 Å². The predicted molar refractivity (Wildman–Crippen MR) is 76.8 cm³/mol. The first-order valence-corrected chi connectivity index (χ1v) is 7.08. The van der Waals surface area contributed by atoms with E-state index in [4.69, 9.17) is 0 Å². The molecule has 0 aliphatic carbocycles. The standard InChI is InChI=1S/C16H11F3OS/c1-16(20,10-6-7-11(17)15(19)14(10)18)13-8-9-4-2-3-5-12(9)21-13/h2-8,20H,1H3. The normalized spacial score (nSPS) is 14.3. The average molecular weight is 308 g/mol. The number of benzene rings is 2. The molecule has 0 saturated heterocycles. The van der Waals surface area contributed by atoms with Crippen molar-refractivity contribution in [3.8, 4) is 0 Å². The molecule has 1 aromatic heterocycles. The second-order valence-corrected chi connectivity index (χ2v) is 6.03. The molecule has 0 spiro atoms. The maximum Gasteiger partial charge on any atom is 0.194 e. The lowest BCUT2D eigenvalue weighted by Crippen LogP contribution is -2.23. The lowest BCUT2D eigenvalue weighted by molar-refractivity contribution is 0.101. The first-order valence-electron chi connectivity index (χ1n) is 6.26. The first-order chi connectivity index (χ1) is 9.91. The predicted octanol–water partition coefficient (Wildman–Crippen LogP) is 4.57. The summed E-state index contributed by atoms with van der Waals surface area (Å²) >= 11 is 1.28. The van der Waals surface area contributed by atoms with Crippen molar-refractivity contribution in [1.82, 2.24) is 0 Å². The van der Waals surface area contributed by atoms with E-state index in [0.29, 0.717) is 4.88 Å². The van der Waals surface area contributed by atoms with Gasteiger partial charge in [-0.3, -0.25) is 0 Å². The van der Waals surface area contributed by atoms with Gasteiger partial charge in [-0.15, -0.1) is 11.3 Å². The van der Waals surface area contributed by atoms with E-state index in [2.05, 4.69) is 0 Å². The third-order valence-electron chi connectivity index (χ3n) is 3.46. The molecule has 108 valence electrons. The molecule has 21 heavy (non-hydrogen) atoms. The van der Waals surface area contributed by atoms with Crippen molar-refractivity contribution in [2.75, 3.05) is 0 Å². The second-order valence-electron chi connectivity index (χ2n) is 4.94. The summed E-state index contributed by atoms with van der Waals surface area (Å²) in [6, 6.07) is 11.1. The van der Waals surface area contributed by atoms with E-state index < -0.39 is 23.1 Å². The topological polar surface area (TPSA) is 20.2 Å². The number of thiophene rings is 1. The summed E-state index contributed by atoms with van der Waals surface area (Å²) in [5, 5.41) is 11.5. The van der Waals surface area contributed by atoms with Crippen LogP contribution in [0, 0.1) is 17.5 Å². The molecule has 0 bridgehead atoms. The summed E-state index contributed by atoms with van der Waals surface area (Å²) in [5.41, 5.74) is -2.02. The third-order valence-corrected chi connectivity index (χ3v) is 4.79. The molecule has 1 heterocycles. The average Bonchev–Trinajstić information content (AvgIpc) is 2.89. The number of aliphatic hydroxyl groups is 1. The molecule has 0 amide bonds. The molecule has 0 aliphatic heterocycles. The lowest BCUT2D eigenvalue weighted by Gasteiger charge is -2.23. The Labute approximate surface area is 123 Å². The molecule has 1 atom stereocenters. The van der Waals surface area contributed by atoms with Crippen LogP contribution >= 0.6 is 11.3 Å². The number of hydrogen-bond acceptors (Lipinski definition) is 2. The van der Waals surface area contributed by atoms with Crippen LogP contribution in [-0.4, -0.2) is 5.11 Å². The summed E-state index contributed by atoms with van der Waals surface area (Å²) in [4.78, 5) is 0.466. The Bertz CT molecular complexity index is 791. The van der Waals surface area contributed by atoms with Gasteiger partial charge in [0.05, 0.1) is 0 Å². The fourth-order valence-electron chi connectivity index (χ4n) is 2.26. The van der Waals surface area contributed by atoms with E-state index in [1.807, 2.05) is 24.3 Å². The van der Waals surface area contributed by atoms with E-state index in [0.717, 1.165) is 22.2 Å². The fraction of sp³-hybridized carbons (Fsp3) is 0.125. The Morgan fingerprint density at radius 3 is 2.43 bits per heavy atom. The maximum absolute atomic E-state index is 13.9. The molecule has 2 aromatic carbocycles. The van der Waals surface area contributed by atoms with Crippen LogP contribution < -0.4 is 0 Å². The summed E-state index contributed by atoms with van der Waals surface area (Å²) in [6.45, 7) is 1.37. The Kier molecular flexibility index (Phi) is 3.26. The van der Waals surface area contributed by atoms with Crippen LogP contribution in [0.3, 0.4) is 0 Å². The Morgan fingerprint density at radius 1 is 1.00 bits per heavy atom. The van der Waals surface area contributed by atoms with Crippen LogP contribution in [0.5, 0.6) is 0 Å². The van der Waals surface area contributed by atoms with E-state index in [9.17, 15) is 18.3 Å². The second kappa shape index (κ2) is 4.86. The zero-order valence-electron chi connectivity index (χ0n) is 11.0. The van der Waals surface area contributed by atoms with Crippen molar-refractivity contribution >= 4 is 21.4 Å². The third kappa shape index (κ3) is 2.22. The van der Waals surface area contributed by atoms with Crippen LogP contribution in [0.15, 0.2) is 42.5 Å². The molecular formula is C16H11F3OS. The van der Waals surface area contributed by atoms with Crippen LogP contribution in [0.1, 0.15) is 17.4 Å². The summed E-state index contributed by atoms with van der Waals surface area (Å²) in [6.07, 6.45) is 0. The molecule has 1 nitrogen and oxygen atoms in total. The number of rotatable bonds is 2. The number of fused-ring (bicyclic) bond motifs is 1. The SMILES string of the molecule is CC(O)(c1cc2ccccc2s1)c1ccc(F)c(F)c1F. The summed E-state index contributed by atoms with van der Waals surface area (Å²) < 4.78 is 41.3. The van der Waals surface area contributed by atoms with Gasteiger partial charge in [0.1, 0.15) is 5.60 Å². The Morgan fingerprint density at radius 2 is 1.71 bits per heavy atom. The van der Waals surface area contributed by atoms with Crippen molar-refractivity contribution in [2.24, 2.45) is 0 Å². The molecule has 1 N–H and O–H groups in total. The zero-order valence-corrected chi connectivity index (χ0v) is 11.8. The highest BCUT2D eigenvalue weighted by molar-refractivity contribution is 7.19.